The predicted molar refractivity (Wildman–Crippen MR) is 121 cm³/mol. The fourth-order valence-electron chi connectivity index (χ4n) is 2.37. The van der Waals surface area contributed by atoms with Crippen LogP contribution in [0.25, 0.3) is 0 Å². The van der Waals surface area contributed by atoms with Crippen LogP contribution in [0.4, 0.5) is 0 Å². The highest BCUT2D eigenvalue weighted by Gasteiger charge is 2.07. The minimum atomic E-state index is 0.129. The van der Waals surface area contributed by atoms with E-state index in [1.54, 1.807) is 0 Å². The van der Waals surface area contributed by atoms with Crippen molar-refractivity contribution in [3.8, 4) is 11.5 Å². The van der Waals surface area contributed by atoms with Gasteiger partial charge in [-0.1, -0.05) is 24.3 Å². The highest BCUT2D eigenvalue weighted by Crippen LogP contribution is 2.25. The molecule has 0 spiro atoms. The topological polar surface area (TPSA) is 21.6 Å². The number of rotatable bonds is 5. The van der Waals surface area contributed by atoms with Crippen molar-refractivity contribution < 1.29 is 4.74 Å². The lowest BCUT2D eigenvalue weighted by Gasteiger charge is -2.10. The standard InChI is InChI=1S/C21H17I2NO/c1-15(20-12-9-17(22)13-21(20)23)24-14-16-7-10-19(11-8-16)25-18-5-3-2-4-6-18/h2-15H,1H3/b24-14+. The summed E-state index contributed by atoms with van der Waals surface area (Å²) in [5.41, 5.74) is 2.31. The number of nitrogens with zero attached hydrogens (tertiary/aromatic N) is 1. The molecule has 0 saturated carbocycles. The quantitative estimate of drug-likeness (QED) is 0.250. The van der Waals surface area contributed by atoms with Crippen molar-refractivity contribution in [3.63, 3.8) is 0 Å². The minimum absolute atomic E-state index is 0.129. The lowest BCUT2D eigenvalue weighted by molar-refractivity contribution is 0.482. The number of halogens is 2. The Balaban J connectivity index is 1.67. The predicted octanol–water partition coefficient (Wildman–Crippen LogP) is 6.87. The number of aliphatic imine (C=N–C) groups is 1. The summed E-state index contributed by atoms with van der Waals surface area (Å²) in [6.45, 7) is 2.12. The Morgan fingerprint density at radius 1 is 0.880 bits per heavy atom. The second-order valence-corrected chi connectivity index (χ2v) is 8.01. The van der Waals surface area contributed by atoms with Crippen LogP contribution in [0.1, 0.15) is 24.1 Å². The van der Waals surface area contributed by atoms with Gasteiger partial charge in [-0.2, -0.15) is 0 Å². The number of para-hydroxylation sites is 1. The number of ether oxygens (including phenoxy) is 1. The van der Waals surface area contributed by atoms with Crippen LogP contribution in [0.5, 0.6) is 11.5 Å². The molecule has 0 aliphatic carbocycles. The lowest BCUT2D eigenvalue weighted by atomic mass is 10.1. The molecular weight excluding hydrogens is 536 g/mol. The molecule has 2 nitrogen and oxygen atoms in total. The second kappa shape index (κ2) is 8.80. The molecule has 1 atom stereocenters. The molecule has 0 bridgehead atoms. The maximum atomic E-state index is 5.81. The summed E-state index contributed by atoms with van der Waals surface area (Å²) >= 11 is 4.71. The van der Waals surface area contributed by atoms with Crippen molar-refractivity contribution >= 4 is 51.4 Å². The maximum Gasteiger partial charge on any atom is 0.127 e. The summed E-state index contributed by atoms with van der Waals surface area (Å²) in [6, 6.07) is 24.3. The highest BCUT2D eigenvalue weighted by atomic mass is 127. The van der Waals surface area contributed by atoms with Crippen molar-refractivity contribution in [2.24, 2.45) is 4.99 Å². The van der Waals surface area contributed by atoms with Crippen LogP contribution in [0.2, 0.25) is 0 Å². The molecule has 126 valence electrons. The Labute approximate surface area is 175 Å². The Morgan fingerprint density at radius 3 is 2.24 bits per heavy atom. The first-order chi connectivity index (χ1) is 12.1. The third-order valence-corrected chi connectivity index (χ3v) is 5.32. The fourth-order valence-corrected chi connectivity index (χ4v) is 4.42. The molecule has 3 aromatic rings. The van der Waals surface area contributed by atoms with Crippen LogP contribution < -0.4 is 4.74 Å². The molecule has 4 heteroatoms. The second-order valence-electron chi connectivity index (χ2n) is 5.60. The molecule has 0 amide bonds. The van der Waals surface area contributed by atoms with E-state index in [1.165, 1.54) is 12.7 Å². The van der Waals surface area contributed by atoms with Gasteiger partial charge in [0.25, 0.3) is 0 Å². The van der Waals surface area contributed by atoms with Gasteiger partial charge in [-0.05, 0) is 112 Å². The summed E-state index contributed by atoms with van der Waals surface area (Å²) in [5.74, 6) is 1.66. The SMILES string of the molecule is CC(/N=C/c1ccc(Oc2ccccc2)cc1)c1ccc(I)cc1I. The van der Waals surface area contributed by atoms with Crippen LogP contribution in [0, 0.1) is 7.14 Å². The van der Waals surface area contributed by atoms with Gasteiger partial charge in [-0.3, -0.25) is 4.99 Å². The largest absolute Gasteiger partial charge is 0.457 e. The molecule has 0 N–H and O–H groups in total. The average Bonchev–Trinajstić information content (AvgIpc) is 2.62. The van der Waals surface area contributed by atoms with Crippen LogP contribution in [0.3, 0.4) is 0 Å². The average molecular weight is 553 g/mol. The van der Waals surface area contributed by atoms with E-state index < -0.39 is 0 Å². The third kappa shape index (κ3) is 5.28. The van der Waals surface area contributed by atoms with E-state index in [0.29, 0.717) is 0 Å². The zero-order chi connectivity index (χ0) is 17.6. The Bertz CT molecular complexity index is 861. The molecular formula is C21H17I2NO. The van der Waals surface area contributed by atoms with Gasteiger partial charge >= 0.3 is 0 Å². The van der Waals surface area contributed by atoms with E-state index in [-0.39, 0.29) is 6.04 Å². The molecule has 0 saturated heterocycles. The zero-order valence-electron chi connectivity index (χ0n) is 13.7. The molecule has 1 unspecified atom stereocenters. The van der Waals surface area contributed by atoms with Crippen molar-refractivity contribution in [2.75, 3.05) is 0 Å². The van der Waals surface area contributed by atoms with Crippen LogP contribution in [-0.4, -0.2) is 6.21 Å². The summed E-state index contributed by atoms with van der Waals surface area (Å²) in [6.07, 6.45) is 1.92. The Morgan fingerprint density at radius 2 is 1.56 bits per heavy atom. The molecule has 3 rings (SSSR count). The summed E-state index contributed by atoms with van der Waals surface area (Å²) in [4.78, 5) is 4.70. The van der Waals surface area contributed by atoms with Gasteiger partial charge in [0.15, 0.2) is 0 Å². The molecule has 0 fully saturated rings. The van der Waals surface area contributed by atoms with Crippen molar-refractivity contribution in [3.05, 3.63) is 91.1 Å². The molecule has 3 aromatic carbocycles. The summed E-state index contributed by atoms with van der Waals surface area (Å²) < 4.78 is 8.31. The minimum Gasteiger partial charge on any atom is -0.457 e. The Hall–Kier alpha value is -1.41. The monoisotopic (exact) mass is 553 g/mol. The van der Waals surface area contributed by atoms with Crippen molar-refractivity contribution in [1.29, 1.82) is 0 Å². The normalized spacial score (nSPS) is 12.3. The first-order valence-corrected chi connectivity index (χ1v) is 10.1. The van der Waals surface area contributed by atoms with Crippen molar-refractivity contribution in [1.82, 2.24) is 0 Å². The summed E-state index contributed by atoms with van der Waals surface area (Å²) in [7, 11) is 0. The number of hydrogen-bond donors (Lipinski definition) is 0. The molecule has 0 radical (unpaired) electrons. The highest BCUT2D eigenvalue weighted by molar-refractivity contribution is 14.1. The number of benzene rings is 3. The van der Waals surface area contributed by atoms with Gasteiger partial charge in [0.05, 0.1) is 6.04 Å². The third-order valence-electron chi connectivity index (χ3n) is 3.72. The zero-order valence-corrected chi connectivity index (χ0v) is 18.0. The van der Waals surface area contributed by atoms with E-state index in [2.05, 4.69) is 70.3 Å². The van der Waals surface area contributed by atoms with Gasteiger partial charge in [-0.15, -0.1) is 0 Å². The van der Waals surface area contributed by atoms with E-state index in [4.69, 9.17) is 9.73 Å². The van der Waals surface area contributed by atoms with Gasteiger partial charge in [0.2, 0.25) is 0 Å². The van der Waals surface area contributed by atoms with Crippen LogP contribution in [0.15, 0.2) is 77.8 Å². The first kappa shape index (κ1) is 18.4. The molecule has 0 heterocycles. The van der Waals surface area contributed by atoms with E-state index in [9.17, 15) is 0 Å². The lowest BCUT2D eigenvalue weighted by Crippen LogP contribution is -1.95. The van der Waals surface area contributed by atoms with Crippen LogP contribution in [-0.2, 0) is 0 Å². The van der Waals surface area contributed by atoms with Gasteiger partial charge in [0.1, 0.15) is 11.5 Å². The molecule has 0 aromatic heterocycles. The van der Waals surface area contributed by atoms with E-state index in [0.717, 1.165) is 17.1 Å². The summed E-state index contributed by atoms with van der Waals surface area (Å²) in [5, 5.41) is 0. The van der Waals surface area contributed by atoms with Gasteiger partial charge < -0.3 is 4.74 Å². The maximum absolute atomic E-state index is 5.81. The van der Waals surface area contributed by atoms with Gasteiger partial charge in [0, 0.05) is 13.4 Å². The fraction of sp³-hybridized carbons (Fsp3) is 0.0952. The first-order valence-electron chi connectivity index (χ1n) is 7.93. The Kier molecular flexibility index (Phi) is 6.47. The molecule has 0 aliphatic rings. The van der Waals surface area contributed by atoms with Crippen molar-refractivity contribution in [2.45, 2.75) is 13.0 Å². The molecule has 25 heavy (non-hydrogen) atoms. The van der Waals surface area contributed by atoms with Gasteiger partial charge in [-0.25, -0.2) is 0 Å². The molecule has 0 aliphatic heterocycles. The van der Waals surface area contributed by atoms with E-state index >= 15 is 0 Å². The van der Waals surface area contributed by atoms with E-state index in [1.807, 2.05) is 60.8 Å². The van der Waals surface area contributed by atoms with Crippen LogP contribution >= 0.6 is 45.2 Å². The number of hydrogen-bond acceptors (Lipinski definition) is 2. The smallest absolute Gasteiger partial charge is 0.127 e.